The molecule has 0 spiro atoms. The zero-order chi connectivity index (χ0) is 24.7. The van der Waals surface area contributed by atoms with Crippen LogP contribution in [0.1, 0.15) is 88.2 Å². The van der Waals surface area contributed by atoms with E-state index in [1.54, 1.807) is 0 Å². The monoisotopic (exact) mass is 476 g/mol. The fourth-order valence-electron chi connectivity index (χ4n) is 6.66. The number of hydrogen-bond donors (Lipinski definition) is 2. The molecule has 33 heavy (non-hydrogen) atoms. The first-order valence-electron chi connectivity index (χ1n) is 11.1. The van der Waals surface area contributed by atoms with E-state index in [1.165, 1.54) is 0 Å². The lowest BCUT2D eigenvalue weighted by atomic mass is 9.53. The molecule has 0 aliphatic heterocycles. The second kappa shape index (κ2) is 7.41. The van der Waals surface area contributed by atoms with Gasteiger partial charge in [0.1, 0.15) is 11.3 Å². The minimum absolute atomic E-state index is 0.0855. The van der Waals surface area contributed by atoms with Crippen molar-refractivity contribution in [1.82, 2.24) is 0 Å². The molecule has 0 radical (unpaired) electrons. The standard InChI is InChI=1S/C23H27BF6O3/c1-11-6-7-14-20(2,3)8-5-9-21(14,4)15-12-10-13(22(25,26)27)16(23(28,29)30)17(24(31)32)19(12)33-18(11)15/h10-11,14,31-32H,5-9H2,1-4H3/t11?,14-,21-/m1/s1. The molecule has 0 saturated heterocycles. The van der Waals surface area contributed by atoms with Crippen LogP contribution in [0.5, 0.6) is 0 Å². The number of benzene rings is 1. The Labute approximate surface area is 188 Å². The molecular weight excluding hydrogens is 449 g/mol. The van der Waals surface area contributed by atoms with Crippen LogP contribution < -0.4 is 5.46 Å². The van der Waals surface area contributed by atoms with Crippen molar-refractivity contribution in [2.45, 2.75) is 83.5 Å². The number of fused-ring (bicyclic) bond motifs is 5. The van der Waals surface area contributed by atoms with Gasteiger partial charge in [-0.15, -0.1) is 0 Å². The normalized spacial score (nSPS) is 27.8. The number of alkyl halides is 6. The van der Waals surface area contributed by atoms with E-state index in [-0.39, 0.29) is 22.6 Å². The number of furan rings is 1. The van der Waals surface area contributed by atoms with E-state index in [2.05, 4.69) is 13.8 Å². The number of rotatable bonds is 1. The van der Waals surface area contributed by atoms with Crippen LogP contribution in [0.15, 0.2) is 10.5 Å². The minimum Gasteiger partial charge on any atom is -0.461 e. The summed E-state index contributed by atoms with van der Waals surface area (Å²) in [4.78, 5) is 0. The number of hydrogen-bond acceptors (Lipinski definition) is 3. The zero-order valence-corrected chi connectivity index (χ0v) is 18.9. The predicted molar refractivity (Wildman–Crippen MR) is 112 cm³/mol. The molecule has 2 aromatic rings. The zero-order valence-electron chi connectivity index (χ0n) is 18.9. The fraction of sp³-hybridized carbons (Fsp3) is 0.652. The molecule has 182 valence electrons. The van der Waals surface area contributed by atoms with Crippen molar-refractivity contribution < 1.29 is 40.8 Å². The maximum Gasteiger partial charge on any atom is 0.492 e. The van der Waals surface area contributed by atoms with Gasteiger partial charge in [-0.1, -0.05) is 34.1 Å². The van der Waals surface area contributed by atoms with Crippen LogP contribution in [0.3, 0.4) is 0 Å². The van der Waals surface area contributed by atoms with Gasteiger partial charge >= 0.3 is 19.5 Å². The van der Waals surface area contributed by atoms with Crippen LogP contribution >= 0.6 is 0 Å². The van der Waals surface area contributed by atoms with Crippen LogP contribution in [-0.4, -0.2) is 17.2 Å². The van der Waals surface area contributed by atoms with Crippen LogP contribution in [0.4, 0.5) is 26.3 Å². The third-order valence-electron chi connectivity index (χ3n) is 8.03. The highest BCUT2D eigenvalue weighted by Crippen LogP contribution is 2.60. The van der Waals surface area contributed by atoms with Gasteiger partial charge in [-0.3, -0.25) is 0 Å². The average Bonchev–Trinajstić information content (AvgIpc) is 2.98. The predicted octanol–water partition coefficient (Wildman–Crippen LogP) is 6.13. The number of halogens is 6. The summed E-state index contributed by atoms with van der Waals surface area (Å²) in [5.74, 6) is 0.197. The van der Waals surface area contributed by atoms with Gasteiger partial charge in [-0.2, -0.15) is 26.3 Å². The molecule has 3 atom stereocenters. The Hall–Kier alpha value is -1.68. The van der Waals surface area contributed by atoms with E-state index in [0.29, 0.717) is 30.2 Å². The molecule has 2 aliphatic rings. The minimum atomic E-state index is -5.47. The highest BCUT2D eigenvalue weighted by Gasteiger charge is 2.53. The third-order valence-corrected chi connectivity index (χ3v) is 8.03. The van der Waals surface area contributed by atoms with E-state index in [4.69, 9.17) is 4.42 Å². The molecule has 3 nitrogen and oxygen atoms in total. The highest BCUT2D eigenvalue weighted by atomic mass is 19.4. The molecule has 10 heteroatoms. The lowest BCUT2D eigenvalue weighted by molar-refractivity contribution is -0.161. The molecule has 1 saturated carbocycles. The Morgan fingerprint density at radius 3 is 2.18 bits per heavy atom. The van der Waals surface area contributed by atoms with Crippen LogP contribution in [0, 0.1) is 11.3 Å². The quantitative estimate of drug-likeness (QED) is 0.385. The summed E-state index contributed by atoms with van der Waals surface area (Å²) in [6.45, 7) is 8.06. The maximum atomic E-state index is 13.9. The topological polar surface area (TPSA) is 53.6 Å². The first-order valence-corrected chi connectivity index (χ1v) is 11.1. The van der Waals surface area contributed by atoms with Crippen molar-refractivity contribution in [3.63, 3.8) is 0 Å². The van der Waals surface area contributed by atoms with Crippen molar-refractivity contribution in [1.29, 1.82) is 0 Å². The Balaban J connectivity index is 2.18. The molecule has 2 aliphatic carbocycles. The largest absolute Gasteiger partial charge is 0.492 e. The molecule has 0 bridgehead atoms. The van der Waals surface area contributed by atoms with Crippen molar-refractivity contribution >= 4 is 23.6 Å². The lowest BCUT2D eigenvalue weighted by Gasteiger charge is -2.50. The van der Waals surface area contributed by atoms with Gasteiger partial charge in [0.15, 0.2) is 0 Å². The summed E-state index contributed by atoms with van der Waals surface area (Å²) < 4.78 is 89.1. The fourth-order valence-corrected chi connectivity index (χ4v) is 6.66. The Morgan fingerprint density at radius 2 is 1.64 bits per heavy atom. The molecule has 1 fully saturated rings. The van der Waals surface area contributed by atoms with Gasteiger partial charge < -0.3 is 14.5 Å². The summed E-state index contributed by atoms with van der Waals surface area (Å²) in [6.07, 6.45) is -6.90. The Kier molecular flexibility index (Phi) is 5.49. The van der Waals surface area contributed by atoms with Crippen LogP contribution in [-0.2, 0) is 17.8 Å². The van der Waals surface area contributed by atoms with Gasteiger partial charge in [-0.25, -0.2) is 0 Å². The van der Waals surface area contributed by atoms with E-state index < -0.39 is 47.1 Å². The summed E-state index contributed by atoms with van der Waals surface area (Å²) >= 11 is 0. The summed E-state index contributed by atoms with van der Waals surface area (Å²) in [5.41, 5.74) is -6.08. The molecule has 0 amide bonds. The van der Waals surface area contributed by atoms with E-state index in [0.717, 1.165) is 19.3 Å². The molecule has 1 unspecified atom stereocenters. The van der Waals surface area contributed by atoms with Crippen molar-refractivity contribution in [2.24, 2.45) is 11.3 Å². The molecule has 1 aromatic heterocycles. The van der Waals surface area contributed by atoms with Crippen molar-refractivity contribution in [3.8, 4) is 0 Å². The van der Waals surface area contributed by atoms with E-state index >= 15 is 0 Å². The van der Waals surface area contributed by atoms with Crippen LogP contribution in [0.25, 0.3) is 11.0 Å². The van der Waals surface area contributed by atoms with Crippen molar-refractivity contribution in [3.05, 3.63) is 28.5 Å². The van der Waals surface area contributed by atoms with Gasteiger partial charge in [0.2, 0.25) is 0 Å². The first-order chi connectivity index (χ1) is 15.0. The van der Waals surface area contributed by atoms with Crippen molar-refractivity contribution in [2.75, 3.05) is 0 Å². The highest BCUT2D eigenvalue weighted by molar-refractivity contribution is 6.62. The van der Waals surface area contributed by atoms with Gasteiger partial charge in [0.05, 0.1) is 11.1 Å². The lowest BCUT2D eigenvalue weighted by Crippen LogP contribution is -2.44. The van der Waals surface area contributed by atoms with Gasteiger partial charge in [-0.05, 0) is 48.5 Å². The summed E-state index contributed by atoms with van der Waals surface area (Å²) in [5, 5.41) is 19.6. The maximum absolute atomic E-state index is 13.9. The van der Waals surface area contributed by atoms with E-state index in [1.807, 2.05) is 13.8 Å². The molecule has 1 heterocycles. The smallest absolute Gasteiger partial charge is 0.461 e. The second-order valence-corrected chi connectivity index (χ2v) is 10.6. The van der Waals surface area contributed by atoms with Gasteiger partial charge in [0.25, 0.3) is 0 Å². The summed E-state index contributed by atoms with van der Waals surface area (Å²) in [6, 6.07) is 0.508. The van der Waals surface area contributed by atoms with Gasteiger partial charge in [0, 0.05) is 22.3 Å². The van der Waals surface area contributed by atoms with Crippen LogP contribution in [0.2, 0.25) is 0 Å². The molecular formula is C23H27BF6O3. The Morgan fingerprint density at radius 1 is 1.00 bits per heavy atom. The third kappa shape index (κ3) is 3.68. The Bertz CT molecular complexity index is 1080. The molecule has 1 aromatic carbocycles. The second-order valence-electron chi connectivity index (χ2n) is 10.6. The molecule has 4 rings (SSSR count). The summed E-state index contributed by atoms with van der Waals surface area (Å²) in [7, 11) is -2.79. The molecule has 2 N–H and O–H groups in total. The SMILES string of the molecule is CC1CC[C@@H]2C(C)(C)CCC[C@@]2(C)c2c1oc1c(B(O)O)c(C(F)(F)F)c(C(F)(F)F)cc21. The van der Waals surface area contributed by atoms with E-state index in [9.17, 15) is 36.4 Å². The average molecular weight is 476 g/mol. The first kappa shape index (κ1) is 24.4.